The molecule has 0 amide bonds. The van der Waals surface area contributed by atoms with Crippen molar-refractivity contribution < 1.29 is 5.11 Å². The SMILES string of the molecule is Cc1ccc(C)c(C(C)Nc2ccc(C)c(O)c2C)c1. The van der Waals surface area contributed by atoms with E-state index in [0.717, 1.165) is 16.8 Å². The van der Waals surface area contributed by atoms with Crippen LogP contribution in [0.3, 0.4) is 0 Å². The largest absolute Gasteiger partial charge is 0.507 e. The summed E-state index contributed by atoms with van der Waals surface area (Å²) in [6, 6.07) is 10.7. The number of benzene rings is 2. The predicted octanol–water partition coefficient (Wildman–Crippen LogP) is 4.80. The van der Waals surface area contributed by atoms with E-state index in [-0.39, 0.29) is 6.04 Å². The van der Waals surface area contributed by atoms with Crippen LogP contribution in [0, 0.1) is 27.7 Å². The number of anilines is 1. The number of phenolic OH excluding ortho intramolecular Hbond substituents is 1. The molecule has 2 heteroatoms. The van der Waals surface area contributed by atoms with Crippen LogP contribution in [0.15, 0.2) is 30.3 Å². The smallest absolute Gasteiger partial charge is 0.123 e. The van der Waals surface area contributed by atoms with E-state index in [1.54, 1.807) is 0 Å². The van der Waals surface area contributed by atoms with Gasteiger partial charge in [-0.15, -0.1) is 0 Å². The standard InChI is InChI=1S/C18H23NO/c1-11-6-7-12(2)16(10-11)15(5)19-17-9-8-13(3)18(20)14(17)4/h6-10,15,19-20H,1-5H3. The van der Waals surface area contributed by atoms with Gasteiger partial charge in [0.1, 0.15) is 5.75 Å². The monoisotopic (exact) mass is 269 g/mol. The molecule has 0 saturated carbocycles. The van der Waals surface area contributed by atoms with Gasteiger partial charge in [-0.1, -0.05) is 29.8 Å². The van der Waals surface area contributed by atoms with Crippen molar-refractivity contribution in [3.05, 3.63) is 58.1 Å². The highest BCUT2D eigenvalue weighted by Crippen LogP contribution is 2.31. The van der Waals surface area contributed by atoms with Crippen molar-refractivity contribution in [1.82, 2.24) is 0 Å². The van der Waals surface area contributed by atoms with E-state index in [9.17, 15) is 5.11 Å². The van der Waals surface area contributed by atoms with Gasteiger partial charge < -0.3 is 10.4 Å². The second kappa shape index (κ2) is 5.58. The number of phenols is 1. The third kappa shape index (κ3) is 2.79. The predicted molar refractivity (Wildman–Crippen MR) is 85.5 cm³/mol. The number of aryl methyl sites for hydroxylation is 3. The Morgan fingerprint density at radius 3 is 2.30 bits per heavy atom. The average molecular weight is 269 g/mol. The fourth-order valence-electron chi connectivity index (χ4n) is 2.53. The minimum atomic E-state index is 0.204. The zero-order valence-electron chi connectivity index (χ0n) is 12.9. The molecule has 0 heterocycles. The van der Waals surface area contributed by atoms with Crippen LogP contribution < -0.4 is 5.32 Å². The van der Waals surface area contributed by atoms with E-state index in [0.29, 0.717) is 5.75 Å². The van der Waals surface area contributed by atoms with Gasteiger partial charge in [0.05, 0.1) is 0 Å². The first-order valence-corrected chi connectivity index (χ1v) is 7.03. The van der Waals surface area contributed by atoms with Crippen LogP contribution in [0.1, 0.15) is 40.8 Å². The first kappa shape index (κ1) is 14.4. The molecule has 2 N–H and O–H groups in total. The van der Waals surface area contributed by atoms with Gasteiger partial charge in [0.15, 0.2) is 0 Å². The molecule has 0 aliphatic carbocycles. The lowest BCUT2D eigenvalue weighted by Gasteiger charge is -2.20. The highest BCUT2D eigenvalue weighted by Gasteiger charge is 2.12. The van der Waals surface area contributed by atoms with Gasteiger partial charge in [-0.25, -0.2) is 0 Å². The highest BCUT2D eigenvalue weighted by atomic mass is 16.3. The van der Waals surface area contributed by atoms with E-state index in [4.69, 9.17) is 0 Å². The molecule has 0 aliphatic heterocycles. The Hall–Kier alpha value is -1.96. The van der Waals surface area contributed by atoms with Crippen molar-refractivity contribution in [2.75, 3.05) is 5.32 Å². The first-order valence-electron chi connectivity index (χ1n) is 7.03. The minimum Gasteiger partial charge on any atom is -0.507 e. The molecule has 2 aromatic rings. The molecule has 20 heavy (non-hydrogen) atoms. The van der Waals surface area contributed by atoms with E-state index in [2.05, 4.69) is 44.3 Å². The third-order valence-corrected chi connectivity index (χ3v) is 3.91. The molecule has 2 aromatic carbocycles. The van der Waals surface area contributed by atoms with Crippen molar-refractivity contribution in [1.29, 1.82) is 0 Å². The number of aromatic hydroxyl groups is 1. The normalized spacial score (nSPS) is 12.2. The summed E-state index contributed by atoms with van der Waals surface area (Å²) in [6.45, 7) is 10.3. The molecule has 2 rings (SSSR count). The molecular weight excluding hydrogens is 246 g/mol. The van der Waals surface area contributed by atoms with Crippen molar-refractivity contribution >= 4 is 5.69 Å². The van der Waals surface area contributed by atoms with Crippen LogP contribution in [0.4, 0.5) is 5.69 Å². The maximum atomic E-state index is 10.0. The molecule has 0 radical (unpaired) electrons. The lowest BCUT2D eigenvalue weighted by Crippen LogP contribution is -2.09. The van der Waals surface area contributed by atoms with Crippen LogP contribution in [-0.2, 0) is 0 Å². The molecule has 1 unspecified atom stereocenters. The fraction of sp³-hybridized carbons (Fsp3) is 0.333. The average Bonchev–Trinajstić information content (AvgIpc) is 2.42. The van der Waals surface area contributed by atoms with Crippen LogP contribution in [0.5, 0.6) is 5.75 Å². The lowest BCUT2D eigenvalue weighted by molar-refractivity contribution is 0.467. The van der Waals surface area contributed by atoms with Gasteiger partial charge in [0, 0.05) is 17.3 Å². The maximum Gasteiger partial charge on any atom is 0.123 e. The van der Waals surface area contributed by atoms with Crippen molar-refractivity contribution in [2.24, 2.45) is 0 Å². The number of nitrogens with one attached hydrogen (secondary N) is 1. The maximum absolute atomic E-state index is 10.0. The van der Waals surface area contributed by atoms with Gasteiger partial charge in [-0.3, -0.25) is 0 Å². The first-order chi connectivity index (χ1) is 9.40. The minimum absolute atomic E-state index is 0.204. The van der Waals surface area contributed by atoms with Crippen molar-refractivity contribution in [3.8, 4) is 5.75 Å². The molecule has 0 saturated heterocycles. The molecule has 0 bridgehead atoms. The highest BCUT2D eigenvalue weighted by molar-refractivity contribution is 5.60. The summed E-state index contributed by atoms with van der Waals surface area (Å²) in [5.41, 5.74) is 6.65. The zero-order valence-corrected chi connectivity index (χ0v) is 12.9. The molecule has 1 atom stereocenters. The van der Waals surface area contributed by atoms with Crippen LogP contribution in [0.2, 0.25) is 0 Å². The number of rotatable bonds is 3. The van der Waals surface area contributed by atoms with Crippen LogP contribution in [0.25, 0.3) is 0 Å². The molecule has 0 fully saturated rings. The molecule has 2 nitrogen and oxygen atoms in total. The van der Waals surface area contributed by atoms with Gasteiger partial charge >= 0.3 is 0 Å². The van der Waals surface area contributed by atoms with Gasteiger partial charge in [0.2, 0.25) is 0 Å². The topological polar surface area (TPSA) is 32.3 Å². The molecule has 0 aliphatic rings. The summed E-state index contributed by atoms with van der Waals surface area (Å²) < 4.78 is 0. The van der Waals surface area contributed by atoms with E-state index < -0.39 is 0 Å². The lowest BCUT2D eigenvalue weighted by atomic mass is 9.99. The summed E-state index contributed by atoms with van der Waals surface area (Å²) in [7, 11) is 0. The Morgan fingerprint density at radius 2 is 1.60 bits per heavy atom. The number of hydrogen-bond donors (Lipinski definition) is 2. The quantitative estimate of drug-likeness (QED) is 0.839. The van der Waals surface area contributed by atoms with Gasteiger partial charge in [0.25, 0.3) is 0 Å². The summed E-state index contributed by atoms with van der Waals surface area (Å²) in [4.78, 5) is 0. The Morgan fingerprint density at radius 1 is 0.950 bits per heavy atom. The fourth-order valence-corrected chi connectivity index (χ4v) is 2.53. The van der Waals surface area contributed by atoms with E-state index >= 15 is 0 Å². The van der Waals surface area contributed by atoms with Gasteiger partial charge in [-0.2, -0.15) is 0 Å². The molecule has 106 valence electrons. The second-order valence-corrected chi connectivity index (χ2v) is 5.63. The summed E-state index contributed by atoms with van der Waals surface area (Å²) >= 11 is 0. The summed E-state index contributed by atoms with van der Waals surface area (Å²) in [5.74, 6) is 0.378. The van der Waals surface area contributed by atoms with Crippen molar-refractivity contribution in [2.45, 2.75) is 40.7 Å². The summed E-state index contributed by atoms with van der Waals surface area (Å²) in [5, 5.41) is 13.5. The Labute approximate surface area is 121 Å². The van der Waals surface area contributed by atoms with E-state index in [1.807, 2.05) is 26.0 Å². The van der Waals surface area contributed by atoms with Crippen LogP contribution in [-0.4, -0.2) is 5.11 Å². The van der Waals surface area contributed by atoms with Crippen molar-refractivity contribution in [3.63, 3.8) is 0 Å². The number of hydrogen-bond acceptors (Lipinski definition) is 2. The zero-order chi connectivity index (χ0) is 14.9. The Kier molecular flexibility index (Phi) is 4.03. The molecular formula is C18H23NO. The van der Waals surface area contributed by atoms with Gasteiger partial charge in [-0.05, 0) is 57.4 Å². The summed E-state index contributed by atoms with van der Waals surface area (Å²) in [6.07, 6.45) is 0. The Balaban J connectivity index is 2.30. The second-order valence-electron chi connectivity index (χ2n) is 5.63. The Bertz CT molecular complexity index is 632. The third-order valence-electron chi connectivity index (χ3n) is 3.91. The van der Waals surface area contributed by atoms with E-state index in [1.165, 1.54) is 16.7 Å². The molecule has 0 aromatic heterocycles. The van der Waals surface area contributed by atoms with Crippen LogP contribution >= 0.6 is 0 Å². The molecule has 0 spiro atoms.